The quantitative estimate of drug-likeness (QED) is 0.742. The summed E-state index contributed by atoms with van der Waals surface area (Å²) in [5.74, 6) is 0.976. The Labute approximate surface area is 73.4 Å². The minimum Gasteiger partial charge on any atom is -0.448 e. The summed E-state index contributed by atoms with van der Waals surface area (Å²) in [4.78, 5) is 4.01. The number of nitrogens with zero attached hydrogens (tertiary/aromatic N) is 1. The number of aliphatic hydroxyl groups is 1. The third-order valence-electron chi connectivity index (χ3n) is 1.23. The van der Waals surface area contributed by atoms with Crippen LogP contribution in [0, 0.1) is 0 Å². The number of aliphatic hydroxyl groups excluding tert-OH is 1. The summed E-state index contributed by atoms with van der Waals surface area (Å²) in [5.41, 5.74) is 0.601. The highest BCUT2D eigenvalue weighted by Crippen LogP contribution is 2.12. The lowest BCUT2D eigenvalue weighted by atomic mass is 10.2. The molecule has 0 aliphatic rings. The zero-order valence-electron chi connectivity index (χ0n) is 8.16. The maximum Gasteiger partial charge on any atom is 0.196 e. The SMILES string of the molecule is CC.CC(C)c1nc(CO)co1. The van der Waals surface area contributed by atoms with E-state index in [1.165, 1.54) is 6.26 Å². The van der Waals surface area contributed by atoms with Crippen LogP contribution < -0.4 is 0 Å². The molecule has 12 heavy (non-hydrogen) atoms. The predicted octanol–water partition coefficient (Wildman–Crippen LogP) is 2.32. The van der Waals surface area contributed by atoms with E-state index in [9.17, 15) is 0 Å². The van der Waals surface area contributed by atoms with Crippen molar-refractivity contribution in [3.8, 4) is 0 Å². The van der Waals surface area contributed by atoms with Gasteiger partial charge in [-0.2, -0.15) is 0 Å². The fourth-order valence-corrected chi connectivity index (χ4v) is 0.660. The van der Waals surface area contributed by atoms with E-state index in [1.54, 1.807) is 0 Å². The fourth-order valence-electron chi connectivity index (χ4n) is 0.660. The van der Waals surface area contributed by atoms with Crippen LogP contribution in [-0.2, 0) is 6.61 Å². The van der Waals surface area contributed by atoms with Gasteiger partial charge in [0, 0.05) is 5.92 Å². The Bertz CT molecular complexity index is 206. The highest BCUT2D eigenvalue weighted by atomic mass is 16.3. The third-order valence-corrected chi connectivity index (χ3v) is 1.23. The van der Waals surface area contributed by atoms with E-state index >= 15 is 0 Å². The van der Waals surface area contributed by atoms with E-state index in [4.69, 9.17) is 9.52 Å². The van der Waals surface area contributed by atoms with Gasteiger partial charge in [-0.05, 0) is 0 Å². The van der Waals surface area contributed by atoms with Gasteiger partial charge in [0.15, 0.2) is 5.89 Å². The van der Waals surface area contributed by atoms with Crippen LogP contribution in [-0.4, -0.2) is 10.1 Å². The summed E-state index contributed by atoms with van der Waals surface area (Å²) in [6.07, 6.45) is 1.48. The molecule has 70 valence electrons. The van der Waals surface area contributed by atoms with E-state index in [1.807, 2.05) is 27.7 Å². The monoisotopic (exact) mass is 171 g/mol. The Morgan fingerprint density at radius 1 is 1.50 bits per heavy atom. The van der Waals surface area contributed by atoms with Crippen LogP contribution in [0.15, 0.2) is 10.7 Å². The first-order valence-corrected chi connectivity index (χ1v) is 4.29. The van der Waals surface area contributed by atoms with Crippen LogP contribution in [0.3, 0.4) is 0 Å². The van der Waals surface area contributed by atoms with Gasteiger partial charge in [0.05, 0.1) is 6.61 Å². The van der Waals surface area contributed by atoms with Crippen molar-refractivity contribution in [3.05, 3.63) is 17.8 Å². The molecular formula is C9H17NO2. The van der Waals surface area contributed by atoms with Gasteiger partial charge in [-0.15, -0.1) is 0 Å². The Balaban J connectivity index is 0.000000561. The molecule has 0 radical (unpaired) electrons. The topological polar surface area (TPSA) is 46.3 Å². The van der Waals surface area contributed by atoms with E-state index in [-0.39, 0.29) is 6.61 Å². The molecule has 1 heterocycles. The first-order chi connectivity index (χ1) is 5.74. The van der Waals surface area contributed by atoms with Gasteiger partial charge in [-0.25, -0.2) is 4.98 Å². The summed E-state index contributed by atoms with van der Waals surface area (Å²) in [6, 6.07) is 0. The number of hydrogen-bond donors (Lipinski definition) is 1. The van der Waals surface area contributed by atoms with E-state index in [0.717, 1.165) is 0 Å². The van der Waals surface area contributed by atoms with Gasteiger partial charge < -0.3 is 9.52 Å². The van der Waals surface area contributed by atoms with Gasteiger partial charge in [-0.1, -0.05) is 27.7 Å². The molecule has 0 aliphatic carbocycles. The molecule has 1 rings (SSSR count). The minimum absolute atomic E-state index is 0.0454. The molecular weight excluding hydrogens is 154 g/mol. The zero-order chi connectivity index (χ0) is 9.56. The maximum atomic E-state index is 8.61. The average molecular weight is 171 g/mol. The summed E-state index contributed by atoms with van der Waals surface area (Å²) in [5, 5.41) is 8.61. The van der Waals surface area contributed by atoms with E-state index in [0.29, 0.717) is 17.5 Å². The molecule has 0 saturated carbocycles. The van der Waals surface area contributed by atoms with Gasteiger partial charge in [0.2, 0.25) is 0 Å². The molecule has 0 aromatic carbocycles. The maximum absolute atomic E-state index is 8.61. The van der Waals surface area contributed by atoms with Gasteiger partial charge in [-0.3, -0.25) is 0 Å². The second kappa shape index (κ2) is 5.77. The summed E-state index contributed by atoms with van der Waals surface area (Å²) in [7, 11) is 0. The summed E-state index contributed by atoms with van der Waals surface area (Å²) >= 11 is 0. The predicted molar refractivity (Wildman–Crippen MR) is 47.9 cm³/mol. The first-order valence-electron chi connectivity index (χ1n) is 4.29. The van der Waals surface area contributed by atoms with Crippen LogP contribution >= 0.6 is 0 Å². The lowest BCUT2D eigenvalue weighted by molar-refractivity contribution is 0.276. The molecule has 1 N–H and O–H groups in total. The lowest BCUT2D eigenvalue weighted by Gasteiger charge is -1.93. The van der Waals surface area contributed by atoms with Crippen LogP contribution in [0.4, 0.5) is 0 Å². The van der Waals surface area contributed by atoms with Crippen molar-refractivity contribution in [1.29, 1.82) is 0 Å². The van der Waals surface area contributed by atoms with Crippen molar-refractivity contribution in [2.24, 2.45) is 0 Å². The number of aromatic nitrogens is 1. The normalized spacial score (nSPS) is 9.50. The molecule has 0 saturated heterocycles. The number of oxazole rings is 1. The van der Waals surface area contributed by atoms with Crippen molar-refractivity contribution in [2.45, 2.75) is 40.2 Å². The van der Waals surface area contributed by atoms with Crippen LogP contribution in [0.5, 0.6) is 0 Å². The molecule has 1 aromatic heterocycles. The fraction of sp³-hybridized carbons (Fsp3) is 0.667. The highest BCUT2D eigenvalue weighted by Gasteiger charge is 2.05. The molecule has 1 aromatic rings. The van der Waals surface area contributed by atoms with Crippen LogP contribution in [0.1, 0.15) is 45.2 Å². The van der Waals surface area contributed by atoms with Crippen molar-refractivity contribution >= 4 is 0 Å². The molecule has 0 bridgehead atoms. The largest absolute Gasteiger partial charge is 0.448 e. The summed E-state index contributed by atoms with van der Waals surface area (Å²) < 4.78 is 5.05. The molecule has 3 heteroatoms. The minimum atomic E-state index is -0.0454. The highest BCUT2D eigenvalue weighted by molar-refractivity contribution is 4.97. The Morgan fingerprint density at radius 2 is 2.08 bits per heavy atom. The molecule has 0 atom stereocenters. The van der Waals surface area contributed by atoms with Crippen LogP contribution in [0.25, 0.3) is 0 Å². The van der Waals surface area contributed by atoms with Gasteiger partial charge >= 0.3 is 0 Å². The second-order valence-electron chi connectivity index (χ2n) is 2.49. The molecule has 0 fully saturated rings. The Kier molecular flexibility index (Phi) is 5.37. The smallest absolute Gasteiger partial charge is 0.196 e. The average Bonchev–Trinajstić information content (AvgIpc) is 2.55. The third kappa shape index (κ3) is 3.05. The molecule has 0 amide bonds. The second-order valence-corrected chi connectivity index (χ2v) is 2.49. The standard InChI is InChI=1S/C7H11NO2.C2H6/c1-5(2)7-8-6(3-9)4-10-7;1-2/h4-5,9H,3H2,1-2H3;1-2H3. The number of rotatable bonds is 2. The van der Waals surface area contributed by atoms with E-state index in [2.05, 4.69) is 4.98 Å². The van der Waals surface area contributed by atoms with Crippen molar-refractivity contribution < 1.29 is 9.52 Å². The number of hydrogen-bond acceptors (Lipinski definition) is 3. The first kappa shape index (κ1) is 11.2. The molecule has 0 unspecified atom stereocenters. The zero-order valence-corrected chi connectivity index (χ0v) is 8.16. The summed E-state index contributed by atoms with van der Waals surface area (Å²) in [6.45, 7) is 7.94. The van der Waals surface area contributed by atoms with Crippen molar-refractivity contribution in [2.75, 3.05) is 0 Å². The lowest BCUT2D eigenvalue weighted by Crippen LogP contribution is -1.88. The van der Waals surface area contributed by atoms with Gasteiger partial charge in [0.25, 0.3) is 0 Å². The van der Waals surface area contributed by atoms with Crippen molar-refractivity contribution in [1.82, 2.24) is 4.98 Å². The van der Waals surface area contributed by atoms with Crippen molar-refractivity contribution in [3.63, 3.8) is 0 Å². The molecule has 3 nitrogen and oxygen atoms in total. The van der Waals surface area contributed by atoms with E-state index < -0.39 is 0 Å². The molecule has 0 spiro atoms. The van der Waals surface area contributed by atoms with Crippen LogP contribution in [0.2, 0.25) is 0 Å². The Hall–Kier alpha value is -0.830. The van der Waals surface area contributed by atoms with Gasteiger partial charge in [0.1, 0.15) is 12.0 Å². The Morgan fingerprint density at radius 3 is 2.33 bits per heavy atom. The molecule has 0 aliphatic heterocycles.